The molecule has 6 heteroatoms. The number of likely N-dealkylation sites (tertiary alicyclic amines) is 1. The molecule has 1 atom stereocenters. The average molecular weight is 302 g/mol. The molecule has 118 valence electrons. The number of rotatable bonds is 4. The van der Waals surface area contributed by atoms with Gasteiger partial charge in [0.15, 0.2) is 0 Å². The molecule has 0 bridgehead atoms. The van der Waals surface area contributed by atoms with Gasteiger partial charge in [-0.2, -0.15) is 0 Å². The Labute approximate surface area is 130 Å². The molecule has 1 saturated heterocycles. The van der Waals surface area contributed by atoms with Gasteiger partial charge in [0.2, 0.25) is 0 Å². The number of carbonyl (C=O) groups excluding carboxylic acids is 1. The van der Waals surface area contributed by atoms with Gasteiger partial charge in [-0.25, -0.2) is 9.78 Å². The number of aryl methyl sites for hydroxylation is 1. The summed E-state index contributed by atoms with van der Waals surface area (Å²) < 4.78 is 7.15. The van der Waals surface area contributed by atoms with E-state index in [4.69, 9.17) is 4.74 Å². The van der Waals surface area contributed by atoms with E-state index in [0.717, 1.165) is 30.9 Å². The topological polar surface area (TPSA) is 58.9 Å². The van der Waals surface area contributed by atoms with E-state index in [9.17, 15) is 4.79 Å². The van der Waals surface area contributed by atoms with Crippen LogP contribution in [0.15, 0.2) is 24.5 Å². The minimum atomic E-state index is -0.211. The molecule has 0 spiro atoms. The number of carbonyl (C=O) groups is 1. The lowest BCUT2D eigenvalue weighted by atomic mass is 10.2. The SMILES string of the molecule is CCOC(=O)N1CC[C@H](NCc2cnc3c(C)cccn23)C1. The highest BCUT2D eigenvalue weighted by Gasteiger charge is 2.26. The van der Waals surface area contributed by atoms with Crippen LogP contribution in [0.1, 0.15) is 24.6 Å². The number of hydrogen-bond acceptors (Lipinski definition) is 4. The van der Waals surface area contributed by atoms with Gasteiger partial charge in [0.25, 0.3) is 0 Å². The summed E-state index contributed by atoms with van der Waals surface area (Å²) in [5.41, 5.74) is 3.30. The zero-order chi connectivity index (χ0) is 15.5. The van der Waals surface area contributed by atoms with Gasteiger partial charge in [0.1, 0.15) is 5.65 Å². The molecule has 0 saturated carbocycles. The second-order valence-corrected chi connectivity index (χ2v) is 5.65. The van der Waals surface area contributed by atoms with Gasteiger partial charge >= 0.3 is 6.09 Å². The van der Waals surface area contributed by atoms with Crippen LogP contribution in [0.4, 0.5) is 4.79 Å². The van der Waals surface area contributed by atoms with Crippen LogP contribution in [-0.2, 0) is 11.3 Å². The number of nitrogens with zero attached hydrogens (tertiary/aromatic N) is 3. The van der Waals surface area contributed by atoms with Crippen molar-refractivity contribution in [3.63, 3.8) is 0 Å². The van der Waals surface area contributed by atoms with Crippen LogP contribution in [0, 0.1) is 6.92 Å². The summed E-state index contributed by atoms with van der Waals surface area (Å²) in [4.78, 5) is 17.9. The third-order valence-electron chi connectivity index (χ3n) is 4.09. The zero-order valence-electron chi connectivity index (χ0n) is 13.1. The lowest BCUT2D eigenvalue weighted by Gasteiger charge is -2.16. The normalized spacial score (nSPS) is 18.1. The standard InChI is InChI=1S/C16H22N4O2/c1-3-22-16(21)19-8-6-13(11-19)17-9-14-10-18-15-12(2)5-4-7-20(14)15/h4-5,7,10,13,17H,3,6,8-9,11H2,1-2H3/t13-/m0/s1. The Balaban J connectivity index is 1.59. The lowest BCUT2D eigenvalue weighted by Crippen LogP contribution is -2.35. The summed E-state index contributed by atoms with van der Waals surface area (Å²) in [6.07, 6.45) is 4.69. The maximum Gasteiger partial charge on any atom is 0.409 e. The van der Waals surface area contributed by atoms with E-state index < -0.39 is 0 Å². The predicted octanol–water partition coefficient (Wildman–Crippen LogP) is 1.96. The highest BCUT2D eigenvalue weighted by molar-refractivity contribution is 5.68. The zero-order valence-corrected chi connectivity index (χ0v) is 13.1. The minimum absolute atomic E-state index is 0.211. The van der Waals surface area contributed by atoms with Gasteiger partial charge in [-0.15, -0.1) is 0 Å². The molecule has 0 radical (unpaired) electrons. The second-order valence-electron chi connectivity index (χ2n) is 5.65. The highest BCUT2D eigenvalue weighted by atomic mass is 16.6. The Morgan fingerprint density at radius 3 is 3.23 bits per heavy atom. The van der Waals surface area contributed by atoms with Crippen molar-refractivity contribution < 1.29 is 9.53 Å². The van der Waals surface area contributed by atoms with Crippen LogP contribution >= 0.6 is 0 Å². The van der Waals surface area contributed by atoms with E-state index in [1.165, 1.54) is 5.56 Å². The number of amides is 1. The first kappa shape index (κ1) is 14.8. The van der Waals surface area contributed by atoms with Crippen molar-refractivity contribution >= 4 is 11.7 Å². The number of hydrogen-bond donors (Lipinski definition) is 1. The second kappa shape index (κ2) is 6.36. The predicted molar refractivity (Wildman–Crippen MR) is 83.8 cm³/mol. The lowest BCUT2D eigenvalue weighted by molar-refractivity contribution is 0.115. The quantitative estimate of drug-likeness (QED) is 0.938. The molecule has 1 N–H and O–H groups in total. The maximum absolute atomic E-state index is 11.7. The monoisotopic (exact) mass is 302 g/mol. The van der Waals surface area contributed by atoms with Crippen molar-refractivity contribution in [1.29, 1.82) is 0 Å². The van der Waals surface area contributed by atoms with Crippen LogP contribution in [0.2, 0.25) is 0 Å². The Morgan fingerprint density at radius 1 is 1.55 bits per heavy atom. The summed E-state index contributed by atoms with van der Waals surface area (Å²) in [6.45, 7) is 6.52. The molecule has 6 nitrogen and oxygen atoms in total. The summed E-state index contributed by atoms with van der Waals surface area (Å²) in [5, 5.41) is 3.51. The van der Waals surface area contributed by atoms with Gasteiger partial charge in [0.05, 0.1) is 18.5 Å². The minimum Gasteiger partial charge on any atom is -0.450 e. The molecule has 0 aliphatic carbocycles. The fourth-order valence-corrected chi connectivity index (χ4v) is 2.89. The molecule has 2 aromatic rings. The third kappa shape index (κ3) is 2.92. The Hall–Kier alpha value is -2.08. The van der Waals surface area contributed by atoms with Gasteiger partial charge in [-0.1, -0.05) is 6.07 Å². The van der Waals surface area contributed by atoms with Gasteiger partial charge in [0, 0.05) is 31.9 Å². The Bertz CT molecular complexity index is 667. The summed E-state index contributed by atoms with van der Waals surface area (Å²) in [5.74, 6) is 0. The van der Waals surface area contributed by atoms with Crippen molar-refractivity contribution in [1.82, 2.24) is 19.6 Å². The van der Waals surface area contributed by atoms with Crippen LogP contribution in [0.25, 0.3) is 5.65 Å². The van der Waals surface area contributed by atoms with Crippen LogP contribution in [-0.4, -0.2) is 46.1 Å². The molecule has 3 rings (SSSR count). The fourth-order valence-electron chi connectivity index (χ4n) is 2.89. The number of imidazole rings is 1. The van der Waals surface area contributed by atoms with E-state index in [1.54, 1.807) is 4.90 Å². The summed E-state index contributed by atoms with van der Waals surface area (Å²) >= 11 is 0. The molecule has 1 aliphatic heterocycles. The smallest absolute Gasteiger partial charge is 0.409 e. The summed E-state index contributed by atoms with van der Waals surface area (Å²) in [6, 6.07) is 4.40. The number of pyridine rings is 1. The van der Waals surface area contributed by atoms with Gasteiger partial charge in [-0.3, -0.25) is 0 Å². The maximum atomic E-state index is 11.7. The number of nitrogens with one attached hydrogen (secondary N) is 1. The first-order chi connectivity index (χ1) is 10.7. The largest absolute Gasteiger partial charge is 0.450 e. The molecule has 1 aliphatic rings. The van der Waals surface area contributed by atoms with Crippen molar-refractivity contribution in [3.8, 4) is 0 Å². The van der Waals surface area contributed by atoms with Gasteiger partial charge < -0.3 is 19.4 Å². The molecule has 0 aromatic carbocycles. The first-order valence-corrected chi connectivity index (χ1v) is 7.75. The van der Waals surface area contributed by atoms with E-state index in [2.05, 4.69) is 27.7 Å². The van der Waals surface area contributed by atoms with E-state index in [-0.39, 0.29) is 6.09 Å². The van der Waals surface area contributed by atoms with Crippen molar-refractivity contribution in [2.45, 2.75) is 32.9 Å². The molecule has 0 unspecified atom stereocenters. The molecular weight excluding hydrogens is 280 g/mol. The highest BCUT2D eigenvalue weighted by Crippen LogP contribution is 2.13. The number of aromatic nitrogens is 2. The van der Waals surface area contributed by atoms with Crippen molar-refractivity contribution in [3.05, 3.63) is 35.8 Å². The molecule has 22 heavy (non-hydrogen) atoms. The first-order valence-electron chi connectivity index (χ1n) is 7.75. The molecule has 3 heterocycles. The molecular formula is C16H22N4O2. The van der Waals surface area contributed by atoms with Gasteiger partial charge in [-0.05, 0) is 31.9 Å². The summed E-state index contributed by atoms with van der Waals surface area (Å²) in [7, 11) is 0. The van der Waals surface area contributed by atoms with E-state index >= 15 is 0 Å². The van der Waals surface area contributed by atoms with Crippen LogP contribution in [0.3, 0.4) is 0 Å². The van der Waals surface area contributed by atoms with Crippen LogP contribution < -0.4 is 5.32 Å². The van der Waals surface area contributed by atoms with Crippen LogP contribution in [0.5, 0.6) is 0 Å². The van der Waals surface area contributed by atoms with Crippen molar-refractivity contribution in [2.24, 2.45) is 0 Å². The third-order valence-corrected chi connectivity index (χ3v) is 4.09. The number of fused-ring (bicyclic) bond motifs is 1. The van der Waals surface area contributed by atoms with E-state index in [0.29, 0.717) is 19.2 Å². The molecule has 1 amide bonds. The Morgan fingerprint density at radius 2 is 2.41 bits per heavy atom. The van der Waals surface area contributed by atoms with Crippen molar-refractivity contribution in [2.75, 3.05) is 19.7 Å². The number of ether oxygens (including phenoxy) is 1. The van der Waals surface area contributed by atoms with E-state index in [1.807, 2.05) is 25.4 Å². The fraction of sp³-hybridized carbons (Fsp3) is 0.500. The molecule has 1 fully saturated rings. The molecule has 2 aromatic heterocycles. The Kier molecular flexibility index (Phi) is 4.29. The average Bonchev–Trinajstić information content (AvgIpc) is 3.13.